The Morgan fingerprint density at radius 1 is 1.58 bits per heavy atom. The molecule has 0 aliphatic rings. The van der Waals surface area contributed by atoms with Gasteiger partial charge in [0.2, 0.25) is 0 Å². The number of hydrogen-bond acceptors (Lipinski definition) is 2. The summed E-state index contributed by atoms with van der Waals surface area (Å²) in [6.45, 7) is 3.93. The molecule has 0 unspecified atom stereocenters. The third kappa shape index (κ3) is 2.41. The monoisotopic (exact) mass is 276 g/mol. The summed E-state index contributed by atoms with van der Waals surface area (Å²) in [6.07, 6.45) is 1.64. The van der Waals surface area contributed by atoms with Crippen LogP contribution in [0.3, 0.4) is 0 Å². The minimum Gasteiger partial charge on any atom is -0.504 e. The predicted molar refractivity (Wildman–Crippen MR) is 56.5 cm³/mol. The molecule has 12 heavy (non-hydrogen) atoms. The number of phenolic OH excluding ortho intramolecular Hbond substituents is 1. The molecule has 0 bridgehead atoms. The fraction of sp³-hybridized carbons (Fsp3) is 0.111. The molecule has 0 saturated carbocycles. The highest BCUT2D eigenvalue weighted by atomic mass is 127. The molecule has 0 aromatic heterocycles. The van der Waals surface area contributed by atoms with E-state index in [1.165, 1.54) is 0 Å². The van der Waals surface area contributed by atoms with Crippen molar-refractivity contribution in [1.29, 1.82) is 0 Å². The largest absolute Gasteiger partial charge is 0.504 e. The Kier molecular flexibility index (Phi) is 3.40. The van der Waals surface area contributed by atoms with Crippen molar-refractivity contribution in [3.63, 3.8) is 0 Å². The van der Waals surface area contributed by atoms with Crippen molar-refractivity contribution in [1.82, 2.24) is 0 Å². The lowest BCUT2D eigenvalue weighted by atomic mass is 10.3. The van der Waals surface area contributed by atoms with E-state index < -0.39 is 0 Å². The number of ether oxygens (including phenoxy) is 1. The SMILES string of the molecule is C=CCOc1cc(I)ccc1O. The minimum atomic E-state index is 0.164. The maximum atomic E-state index is 9.30. The highest BCUT2D eigenvalue weighted by molar-refractivity contribution is 14.1. The maximum Gasteiger partial charge on any atom is 0.162 e. The summed E-state index contributed by atoms with van der Waals surface area (Å²) in [5.41, 5.74) is 0. The third-order valence-electron chi connectivity index (χ3n) is 1.28. The van der Waals surface area contributed by atoms with Gasteiger partial charge in [0, 0.05) is 3.57 Å². The van der Waals surface area contributed by atoms with Crippen LogP contribution in [0.1, 0.15) is 0 Å². The molecule has 0 spiro atoms. The van der Waals surface area contributed by atoms with Crippen LogP contribution in [0, 0.1) is 3.57 Å². The van der Waals surface area contributed by atoms with Crippen LogP contribution in [0.5, 0.6) is 11.5 Å². The van der Waals surface area contributed by atoms with E-state index in [-0.39, 0.29) is 5.75 Å². The van der Waals surface area contributed by atoms with Gasteiger partial charge < -0.3 is 9.84 Å². The first-order valence-electron chi connectivity index (χ1n) is 3.46. The van der Waals surface area contributed by atoms with Crippen LogP contribution < -0.4 is 4.74 Å². The summed E-state index contributed by atoms with van der Waals surface area (Å²) >= 11 is 2.16. The first kappa shape index (κ1) is 9.38. The number of rotatable bonds is 3. The number of benzene rings is 1. The molecule has 0 aliphatic carbocycles. The lowest BCUT2D eigenvalue weighted by Crippen LogP contribution is -1.93. The first-order valence-corrected chi connectivity index (χ1v) is 4.54. The summed E-state index contributed by atoms with van der Waals surface area (Å²) < 4.78 is 6.23. The summed E-state index contributed by atoms with van der Waals surface area (Å²) in [6, 6.07) is 5.20. The topological polar surface area (TPSA) is 29.5 Å². The van der Waals surface area contributed by atoms with Crippen LogP contribution in [0.4, 0.5) is 0 Å². The molecular weight excluding hydrogens is 267 g/mol. The van der Waals surface area contributed by atoms with Gasteiger partial charge in [-0.2, -0.15) is 0 Å². The van der Waals surface area contributed by atoms with E-state index in [4.69, 9.17) is 4.74 Å². The third-order valence-corrected chi connectivity index (χ3v) is 1.95. The Morgan fingerprint density at radius 2 is 2.33 bits per heavy atom. The number of halogens is 1. The summed E-state index contributed by atoms with van der Waals surface area (Å²) in [7, 11) is 0. The molecule has 1 N–H and O–H groups in total. The maximum absolute atomic E-state index is 9.30. The molecule has 0 amide bonds. The van der Waals surface area contributed by atoms with E-state index in [2.05, 4.69) is 29.2 Å². The Labute approximate surface area is 85.0 Å². The van der Waals surface area contributed by atoms with Gasteiger partial charge in [0.25, 0.3) is 0 Å². The molecule has 0 radical (unpaired) electrons. The van der Waals surface area contributed by atoms with Gasteiger partial charge in [-0.3, -0.25) is 0 Å². The molecule has 0 heterocycles. The van der Waals surface area contributed by atoms with Crippen molar-refractivity contribution in [2.45, 2.75) is 0 Å². The van der Waals surface area contributed by atoms with Crippen molar-refractivity contribution in [3.8, 4) is 11.5 Å². The number of aromatic hydroxyl groups is 1. The minimum absolute atomic E-state index is 0.164. The Hall–Kier alpha value is -0.710. The lowest BCUT2D eigenvalue weighted by molar-refractivity contribution is 0.336. The van der Waals surface area contributed by atoms with E-state index >= 15 is 0 Å². The van der Waals surface area contributed by atoms with Crippen molar-refractivity contribution < 1.29 is 9.84 Å². The Morgan fingerprint density at radius 3 is 3.00 bits per heavy atom. The van der Waals surface area contributed by atoms with Crippen LogP contribution in [-0.4, -0.2) is 11.7 Å². The average Bonchev–Trinajstić information content (AvgIpc) is 2.07. The highest BCUT2D eigenvalue weighted by Gasteiger charge is 2.00. The fourth-order valence-electron chi connectivity index (χ4n) is 0.752. The van der Waals surface area contributed by atoms with Gasteiger partial charge >= 0.3 is 0 Å². The van der Waals surface area contributed by atoms with Gasteiger partial charge in [-0.25, -0.2) is 0 Å². The van der Waals surface area contributed by atoms with Gasteiger partial charge in [-0.05, 0) is 40.8 Å². The van der Waals surface area contributed by atoms with E-state index in [1.54, 1.807) is 18.2 Å². The number of hydrogen-bond donors (Lipinski definition) is 1. The lowest BCUT2D eigenvalue weighted by Gasteiger charge is -2.05. The van der Waals surface area contributed by atoms with Crippen LogP contribution in [0.25, 0.3) is 0 Å². The fourth-order valence-corrected chi connectivity index (χ4v) is 1.21. The predicted octanol–water partition coefficient (Wildman–Crippen LogP) is 2.56. The van der Waals surface area contributed by atoms with Crippen LogP contribution in [0.15, 0.2) is 30.9 Å². The molecule has 0 aliphatic heterocycles. The van der Waals surface area contributed by atoms with Gasteiger partial charge in [-0.1, -0.05) is 12.7 Å². The Balaban J connectivity index is 2.82. The van der Waals surface area contributed by atoms with Gasteiger partial charge in [0.15, 0.2) is 11.5 Å². The molecule has 0 fully saturated rings. The van der Waals surface area contributed by atoms with Crippen LogP contribution in [0.2, 0.25) is 0 Å². The van der Waals surface area contributed by atoms with E-state index in [1.807, 2.05) is 6.07 Å². The number of phenols is 1. The zero-order valence-corrected chi connectivity index (χ0v) is 8.61. The van der Waals surface area contributed by atoms with Gasteiger partial charge in [0.05, 0.1) is 0 Å². The van der Waals surface area contributed by atoms with Crippen molar-refractivity contribution >= 4 is 22.6 Å². The Bertz CT molecular complexity index is 284. The van der Waals surface area contributed by atoms with E-state index in [0.717, 1.165) is 3.57 Å². The second-order valence-electron chi connectivity index (χ2n) is 2.21. The van der Waals surface area contributed by atoms with Crippen molar-refractivity contribution in [3.05, 3.63) is 34.4 Å². The summed E-state index contributed by atoms with van der Waals surface area (Å²) in [4.78, 5) is 0. The summed E-state index contributed by atoms with van der Waals surface area (Å²) in [5, 5.41) is 9.30. The molecule has 1 aromatic carbocycles. The molecule has 1 rings (SSSR count). The molecule has 3 heteroatoms. The normalized spacial score (nSPS) is 9.42. The van der Waals surface area contributed by atoms with E-state index in [9.17, 15) is 5.11 Å². The molecule has 0 saturated heterocycles. The van der Waals surface area contributed by atoms with Gasteiger partial charge in [0.1, 0.15) is 6.61 Å². The highest BCUT2D eigenvalue weighted by Crippen LogP contribution is 2.27. The zero-order valence-electron chi connectivity index (χ0n) is 6.46. The summed E-state index contributed by atoms with van der Waals surface area (Å²) in [5.74, 6) is 0.666. The smallest absolute Gasteiger partial charge is 0.162 e. The quantitative estimate of drug-likeness (QED) is 0.679. The molecule has 1 aromatic rings. The molecule has 0 atom stereocenters. The van der Waals surface area contributed by atoms with Crippen molar-refractivity contribution in [2.75, 3.05) is 6.61 Å². The van der Waals surface area contributed by atoms with Crippen LogP contribution >= 0.6 is 22.6 Å². The standard InChI is InChI=1S/C9H9IO2/c1-2-5-12-9-6-7(10)3-4-8(9)11/h2-4,6,11H,1,5H2. The second-order valence-corrected chi connectivity index (χ2v) is 3.46. The average molecular weight is 276 g/mol. The van der Waals surface area contributed by atoms with Crippen LogP contribution in [-0.2, 0) is 0 Å². The first-order chi connectivity index (χ1) is 5.74. The molecule has 64 valence electrons. The van der Waals surface area contributed by atoms with E-state index in [0.29, 0.717) is 12.4 Å². The second kappa shape index (κ2) is 4.35. The zero-order chi connectivity index (χ0) is 8.97. The van der Waals surface area contributed by atoms with Gasteiger partial charge in [-0.15, -0.1) is 0 Å². The molecular formula is C9H9IO2. The van der Waals surface area contributed by atoms with Crippen molar-refractivity contribution in [2.24, 2.45) is 0 Å². The molecule has 2 nitrogen and oxygen atoms in total.